The number of nitrogens with one attached hydrogen (secondary N) is 3. The standard InChI is InChI=1S/C20H18N6/c21-7-16(8-22)15-6-18-19(11-24-20(18)23-9-15)17-10-25-26(13-17)12-14-4-2-1-3-5-14/h1-11,13,16,21-22H,12H2,(H,23,24). The molecule has 4 rings (SSSR count). The lowest BCUT2D eigenvalue weighted by molar-refractivity contribution is 0.687. The number of aromatic amines is 1. The molecule has 6 heteroatoms. The molecule has 1 aromatic carbocycles. The highest BCUT2D eigenvalue weighted by Crippen LogP contribution is 2.29. The second-order valence-corrected chi connectivity index (χ2v) is 6.14. The van der Waals surface area contributed by atoms with Gasteiger partial charge < -0.3 is 15.8 Å². The smallest absolute Gasteiger partial charge is 0.137 e. The van der Waals surface area contributed by atoms with E-state index in [1.165, 1.54) is 18.0 Å². The summed E-state index contributed by atoms with van der Waals surface area (Å²) in [6, 6.07) is 12.2. The summed E-state index contributed by atoms with van der Waals surface area (Å²) >= 11 is 0. The summed E-state index contributed by atoms with van der Waals surface area (Å²) in [5.74, 6) is -0.351. The van der Waals surface area contributed by atoms with Crippen LogP contribution in [-0.4, -0.2) is 32.2 Å². The molecule has 0 unspecified atom stereocenters. The van der Waals surface area contributed by atoms with Gasteiger partial charge in [-0.05, 0) is 17.2 Å². The Kier molecular flexibility index (Phi) is 4.15. The van der Waals surface area contributed by atoms with E-state index in [0.29, 0.717) is 0 Å². The maximum atomic E-state index is 7.47. The van der Waals surface area contributed by atoms with Gasteiger partial charge in [-0.15, -0.1) is 0 Å². The summed E-state index contributed by atoms with van der Waals surface area (Å²) in [6.07, 6.45) is 10.0. The van der Waals surface area contributed by atoms with E-state index >= 15 is 0 Å². The van der Waals surface area contributed by atoms with Crippen LogP contribution in [0, 0.1) is 10.8 Å². The molecule has 0 atom stereocenters. The Morgan fingerprint density at radius 2 is 1.92 bits per heavy atom. The van der Waals surface area contributed by atoms with E-state index in [2.05, 4.69) is 27.2 Å². The largest absolute Gasteiger partial charge is 0.346 e. The van der Waals surface area contributed by atoms with E-state index in [-0.39, 0.29) is 5.92 Å². The van der Waals surface area contributed by atoms with Gasteiger partial charge in [0.25, 0.3) is 0 Å². The second kappa shape index (κ2) is 6.76. The predicted octanol–water partition coefficient (Wildman–Crippen LogP) is 3.86. The molecule has 0 aliphatic rings. The highest BCUT2D eigenvalue weighted by Gasteiger charge is 2.13. The van der Waals surface area contributed by atoms with Gasteiger partial charge in [0, 0.05) is 47.5 Å². The maximum Gasteiger partial charge on any atom is 0.137 e. The Morgan fingerprint density at radius 3 is 2.69 bits per heavy atom. The van der Waals surface area contributed by atoms with Gasteiger partial charge in [-0.3, -0.25) is 4.68 Å². The van der Waals surface area contributed by atoms with Crippen molar-refractivity contribution in [1.29, 1.82) is 10.8 Å². The van der Waals surface area contributed by atoms with Crippen molar-refractivity contribution in [3.63, 3.8) is 0 Å². The van der Waals surface area contributed by atoms with E-state index < -0.39 is 0 Å². The third kappa shape index (κ3) is 2.93. The van der Waals surface area contributed by atoms with Crippen molar-refractivity contribution in [3.05, 3.63) is 72.3 Å². The molecule has 0 saturated carbocycles. The molecule has 6 nitrogen and oxygen atoms in total. The quantitative estimate of drug-likeness (QED) is 0.464. The fourth-order valence-corrected chi connectivity index (χ4v) is 3.04. The molecular formula is C20H18N6. The van der Waals surface area contributed by atoms with Gasteiger partial charge in [-0.2, -0.15) is 5.10 Å². The number of pyridine rings is 1. The Labute approximate surface area is 150 Å². The number of hydrogen-bond acceptors (Lipinski definition) is 4. The van der Waals surface area contributed by atoms with Crippen LogP contribution in [-0.2, 0) is 6.54 Å². The van der Waals surface area contributed by atoms with Crippen LogP contribution >= 0.6 is 0 Å². The lowest BCUT2D eigenvalue weighted by Gasteiger charge is -2.05. The molecule has 0 bridgehead atoms. The molecule has 0 saturated heterocycles. The highest BCUT2D eigenvalue weighted by atomic mass is 15.3. The van der Waals surface area contributed by atoms with Gasteiger partial charge in [0.05, 0.1) is 18.7 Å². The van der Waals surface area contributed by atoms with Crippen molar-refractivity contribution in [2.45, 2.75) is 12.5 Å². The van der Waals surface area contributed by atoms with Crippen LogP contribution in [0.3, 0.4) is 0 Å². The van der Waals surface area contributed by atoms with Gasteiger partial charge in [0.15, 0.2) is 0 Å². The minimum Gasteiger partial charge on any atom is -0.346 e. The lowest BCUT2D eigenvalue weighted by atomic mass is 10.0. The second-order valence-electron chi connectivity index (χ2n) is 6.14. The Balaban J connectivity index is 1.69. The summed E-state index contributed by atoms with van der Waals surface area (Å²) < 4.78 is 1.92. The molecule has 0 radical (unpaired) electrons. The first-order valence-corrected chi connectivity index (χ1v) is 8.33. The van der Waals surface area contributed by atoms with E-state index in [4.69, 9.17) is 10.8 Å². The molecule has 0 aliphatic heterocycles. The molecule has 0 amide bonds. The summed E-state index contributed by atoms with van der Waals surface area (Å²) in [7, 11) is 0. The monoisotopic (exact) mass is 342 g/mol. The van der Waals surface area contributed by atoms with Gasteiger partial charge in [-0.25, -0.2) is 4.98 Å². The van der Waals surface area contributed by atoms with E-state index in [1.54, 1.807) is 6.20 Å². The van der Waals surface area contributed by atoms with Gasteiger partial charge in [0.2, 0.25) is 0 Å². The van der Waals surface area contributed by atoms with Crippen molar-refractivity contribution in [2.75, 3.05) is 0 Å². The van der Waals surface area contributed by atoms with Crippen molar-refractivity contribution < 1.29 is 0 Å². The first-order valence-electron chi connectivity index (χ1n) is 8.33. The number of rotatable bonds is 6. The molecule has 3 aromatic heterocycles. The van der Waals surface area contributed by atoms with Crippen LogP contribution in [0.1, 0.15) is 17.0 Å². The molecule has 3 heterocycles. The Hall–Kier alpha value is -3.54. The summed E-state index contributed by atoms with van der Waals surface area (Å²) in [5.41, 5.74) is 4.84. The fraction of sp³-hybridized carbons (Fsp3) is 0.100. The van der Waals surface area contributed by atoms with Gasteiger partial charge >= 0.3 is 0 Å². The zero-order valence-corrected chi connectivity index (χ0v) is 14.1. The zero-order chi connectivity index (χ0) is 17.9. The Bertz CT molecular complexity index is 1050. The van der Waals surface area contributed by atoms with Crippen LogP contribution in [0.2, 0.25) is 0 Å². The van der Waals surface area contributed by atoms with Crippen molar-refractivity contribution in [1.82, 2.24) is 19.7 Å². The first-order chi connectivity index (χ1) is 12.8. The van der Waals surface area contributed by atoms with Crippen molar-refractivity contribution >= 4 is 23.5 Å². The summed E-state index contributed by atoms with van der Waals surface area (Å²) in [5, 5.41) is 20.4. The van der Waals surface area contributed by atoms with Gasteiger partial charge in [-0.1, -0.05) is 30.3 Å². The molecule has 128 valence electrons. The van der Waals surface area contributed by atoms with Crippen molar-refractivity contribution in [2.24, 2.45) is 0 Å². The number of H-pyrrole nitrogens is 1. The predicted molar refractivity (Wildman–Crippen MR) is 103 cm³/mol. The third-order valence-corrected chi connectivity index (χ3v) is 4.43. The van der Waals surface area contributed by atoms with Crippen LogP contribution < -0.4 is 0 Å². The zero-order valence-electron chi connectivity index (χ0n) is 14.1. The molecular weight excluding hydrogens is 324 g/mol. The molecule has 0 spiro atoms. The molecule has 3 N–H and O–H groups in total. The molecule has 26 heavy (non-hydrogen) atoms. The highest BCUT2D eigenvalue weighted by molar-refractivity contribution is 5.95. The van der Waals surface area contributed by atoms with Gasteiger partial charge in [0.1, 0.15) is 5.65 Å². The maximum absolute atomic E-state index is 7.47. The SMILES string of the molecule is N=CC(C=N)c1cnc2[nH]cc(-c3cnn(Cc4ccccc4)c3)c2c1. The van der Waals surface area contributed by atoms with E-state index in [0.717, 1.165) is 34.3 Å². The van der Waals surface area contributed by atoms with Crippen LogP contribution in [0.5, 0.6) is 0 Å². The minimum atomic E-state index is -0.351. The number of hydrogen-bond donors (Lipinski definition) is 3. The lowest BCUT2D eigenvalue weighted by Crippen LogP contribution is -2.01. The average molecular weight is 342 g/mol. The molecule has 4 aromatic rings. The third-order valence-electron chi connectivity index (χ3n) is 4.43. The Morgan fingerprint density at radius 1 is 1.12 bits per heavy atom. The topological polar surface area (TPSA) is 94.2 Å². The summed E-state index contributed by atoms with van der Waals surface area (Å²) in [4.78, 5) is 7.61. The van der Waals surface area contributed by atoms with E-state index in [9.17, 15) is 0 Å². The van der Waals surface area contributed by atoms with E-state index in [1.807, 2.05) is 47.5 Å². The fourth-order valence-electron chi connectivity index (χ4n) is 3.04. The number of fused-ring (bicyclic) bond motifs is 1. The summed E-state index contributed by atoms with van der Waals surface area (Å²) in [6.45, 7) is 0.719. The molecule has 0 fully saturated rings. The minimum absolute atomic E-state index is 0.351. The number of benzene rings is 1. The molecule has 0 aliphatic carbocycles. The number of aromatic nitrogens is 4. The first kappa shape index (κ1) is 16.0. The normalized spacial score (nSPS) is 12.2. The van der Waals surface area contributed by atoms with Crippen LogP contribution in [0.4, 0.5) is 0 Å². The average Bonchev–Trinajstić information content (AvgIpc) is 3.30. The van der Waals surface area contributed by atoms with Crippen molar-refractivity contribution in [3.8, 4) is 11.1 Å². The van der Waals surface area contributed by atoms with Crippen LogP contribution in [0.15, 0.2) is 61.2 Å². The number of nitrogens with zero attached hydrogens (tertiary/aromatic N) is 3. The van der Waals surface area contributed by atoms with Crippen LogP contribution in [0.25, 0.3) is 22.2 Å².